The standard InChI is InChI=1S/C18H34N2O/c1-13(2)17-7-6-14(3)9-18(17)19-10-16-11-20-8-4-5-15(20)12-21-16/h13-19H,4-12H2,1-3H3. The van der Waals surface area contributed by atoms with Crippen molar-refractivity contribution in [3.05, 3.63) is 0 Å². The first-order valence-electron chi connectivity index (χ1n) is 9.22. The van der Waals surface area contributed by atoms with Gasteiger partial charge in [0.05, 0.1) is 12.7 Å². The van der Waals surface area contributed by atoms with Crippen LogP contribution >= 0.6 is 0 Å². The van der Waals surface area contributed by atoms with Crippen LogP contribution in [-0.4, -0.2) is 49.3 Å². The second kappa shape index (κ2) is 6.97. The summed E-state index contributed by atoms with van der Waals surface area (Å²) in [5.74, 6) is 2.53. The summed E-state index contributed by atoms with van der Waals surface area (Å²) in [6, 6.07) is 1.42. The molecule has 1 aliphatic carbocycles. The monoisotopic (exact) mass is 294 g/mol. The van der Waals surface area contributed by atoms with Gasteiger partial charge in [0.1, 0.15) is 0 Å². The zero-order chi connectivity index (χ0) is 14.8. The fraction of sp³-hybridized carbons (Fsp3) is 1.00. The van der Waals surface area contributed by atoms with Crippen molar-refractivity contribution in [2.45, 2.75) is 71.1 Å². The van der Waals surface area contributed by atoms with Gasteiger partial charge >= 0.3 is 0 Å². The Bertz CT molecular complexity index is 333. The van der Waals surface area contributed by atoms with E-state index in [0.29, 0.717) is 12.1 Å². The lowest BCUT2D eigenvalue weighted by molar-refractivity contribution is -0.0496. The molecule has 0 amide bonds. The van der Waals surface area contributed by atoms with Gasteiger partial charge in [-0.1, -0.05) is 27.2 Å². The number of morpholine rings is 1. The summed E-state index contributed by atoms with van der Waals surface area (Å²) >= 11 is 0. The van der Waals surface area contributed by atoms with Crippen molar-refractivity contribution in [1.29, 1.82) is 0 Å². The summed E-state index contributed by atoms with van der Waals surface area (Å²) in [5.41, 5.74) is 0. The van der Waals surface area contributed by atoms with Gasteiger partial charge in [-0.15, -0.1) is 0 Å². The molecule has 3 fully saturated rings. The molecule has 5 unspecified atom stereocenters. The molecule has 21 heavy (non-hydrogen) atoms. The maximum Gasteiger partial charge on any atom is 0.0827 e. The Morgan fingerprint density at radius 2 is 2.10 bits per heavy atom. The van der Waals surface area contributed by atoms with Gasteiger partial charge < -0.3 is 10.1 Å². The maximum atomic E-state index is 6.10. The van der Waals surface area contributed by atoms with Crippen molar-refractivity contribution in [3.8, 4) is 0 Å². The highest BCUT2D eigenvalue weighted by molar-refractivity contribution is 4.89. The van der Waals surface area contributed by atoms with Crippen molar-refractivity contribution in [2.24, 2.45) is 17.8 Å². The molecule has 3 nitrogen and oxygen atoms in total. The third-order valence-corrected chi connectivity index (χ3v) is 6.09. The quantitative estimate of drug-likeness (QED) is 0.863. The van der Waals surface area contributed by atoms with Crippen molar-refractivity contribution < 1.29 is 4.74 Å². The van der Waals surface area contributed by atoms with Gasteiger partial charge in [0.25, 0.3) is 0 Å². The second-order valence-electron chi connectivity index (χ2n) is 8.09. The van der Waals surface area contributed by atoms with Gasteiger partial charge in [-0.3, -0.25) is 4.90 Å². The van der Waals surface area contributed by atoms with E-state index in [2.05, 4.69) is 31.0 Å². The molecular formula is C18H34N2O. The minimum atomic E-state index is 0.407. The normalized spacial score (nSPS) is 41.4. The predicted octanol–water partition coefficient (Wildman–Crippen LogP) is 2.90. The SMILES string of the molecule is CC1CCC(C(C)C)C(NCC2CN3CCCC3CO2)C1. The molecule has 0 bridgehead atoms. The lowest BCUT2D eigenvalue weighted by Crippen LogP contribution is -2.52. The molecule has 5 atom stereocenters. The van der Waals surface area contributed by atoms with Gasteiger partial charge in [0.15, 0.2) is 0 Å². The third-order valence-electron chi connectivity index (χ3n) is 6.09. The lowest BCUT2D eigenvalue weighted by atomic mass is 9.74. The molecule has 2 aliphatic heterocycles. The van der Waals surface area contributed by atoms with E-state index in [4.69, 9.17) is 4.74 Å². The third kappa shape index (κ3) is 3.80. The molecule has 0 aromatic heterocycles. The van der Waals surface area contributed by atoms with Gasteiger partial charge in [0.2, 0.25) is 0 Å². The van der Waals surface area contributed by atoms with E-state index in [1.807, 2.05) is 0 Å². The van der Waals surface area contributed by atoms with E-state index in [-0.39, 0.29) is 0 Å². The minimum Gasteiger partial charge on any atom is -0.374 e. The highest BCUT2D eigenvalue weighted by atomic mass is 16.5. The van der Waals surface area contributed by atoms with E-state index in [1.165, 1.54) is 38.6 Å². The first kappa shape index (κ1) is 15.8. The number of hydrogen-bond donors (Lipinski definition) is 1. The number of nitrogens with one attached hydrogen (secondary N) is 1. The Morgan fingerprint density at radius 3 is 2.90 bits per heavy atom. The summed E-state index contributed by atoms with van der Waals surface area (Å²) in [7, 11) is 0. The molecule has 2 saturated heterocycles. The number of ether oxygens (including phenoxy) is 1. The van der Waals surface area contributed by atoms with E-state index >= 15 is 0 Å². The van der Waals surface area contributed by atoms with Crippen molar-refractivity contribution in [1.82, 2.24) is 10.2 Å². The molecule has 0 spiro atoms. The number of fused-ring (bicyclic) bond motifs is 1. The molecule has 3 heteroatoms. The minimum absolute atomic E-state index is 0.407. The van der Waals surface area contributed by atoms with Crippen LogP contribution in [0.4, 0.5) is 0 Å². The molecule has 1 saturated carbocycles. The van der Waals surface area contributed by atoms with Gasteiger partial charge in [0, 0.05) is 25.2 Å². The molecule has 1 N–H and O–H groups in total. The van der Waals surface area contributed by atoms with Crippen LogP contribution in [0.3, 0.4) is 0 Å². The van der Waals surface area contributed by atoms with Crippen molar-refractivity contribution in [2.75, 3.05) is 26.2 Å². The Hall–Kier alpha value is -0.120. The largest absolute Gasteiger partial charge is 0.374 e. The Labute approximate surface area is 130 Å². The van der Waals surface area contributed by atoms with Crippen LogP contribution in [-0.2, 0) is 4.74 Å². The van der Waals surface area contributed by atoms with Gasteiger partial charge in [-0.05, 0) is 50.0 Å². The zero-order valence-electron chi connectivity index (χ0n) is 14.2. The molecule has 3 rings (SSSR count). The van der Waals surface area contributed by atoms with E-state index in [0.717, 1.165) is 43.5 Å². The molecule has 2 heterocycles. The average molecular weight is 294 g/mol. The number of rotatable bonds is 4. The fourth-order valence-electron chi connectivity index (χ4n) is 4.73. The molecule has 3 aliphatic rings. The predicted molar refractivity (Wildman–Crippen MR) is 87.5 cm³/mol. The molecule has 0 aromatic carbocycles. The zero-order valence-corrected chi connectivity index (χ0v) is 14.2. The van der Waals surface area contributed by atoms with Crippen LogP contribution in [0.1, 0.15) is 52.9 Å². The molecule has 0 aromatic rings. The van der Waals surface area contributed by atoms with Crippen LogP contribution < -0.4 is 5.32 Å². The van der Waals surface area contributed by atoms with Crippen LogP contribution in [0.15, 0.2) is 0 Å². The van der Waals surface area contributed by atoms with Crippen LogP contribution in [0.25, 0.3) is 0 Å². The summed E-state index contributed by atoms with van der Waals surface area (Å²) in [6.07, 6.45) is 7.28. The summed E-state index contributed by atoms with van der Waals surface area (Å²) in [5, 5.41) is 3.88. The Morgan fingerprint density at radius 1 is 1.24 bits per heavy atom. The van der Waals surface area contributed by atoms with Crippen LogP contribution in [0.2, 0.25) is 0 Å². The maximum absolute atomic E-state index is 6.10. The smallest absolute Gasteiger partial charge is 0.0827 e. The highest BCUT2D eigenvalue weighted by Gasteiger charge is 2.34. The summed E-state index contributed by atoms with van der Waals surface area (Å²) in [4.78, 5) is 2.65. The summed E-state index contributed by atoms with van der Waals surface area (Å²) in [6.45, 7) is 11.6. The van der Waals surface area contributed by atoms with Crippen molar-refractivity contribution >= 4 is 0 Å². The molecule has 122 valence electrons. The Kier molecular flexibility index (Phi) is 5.23. The second-order valence-corrected chi connectivity index (χ2v) is 8.09. The van der Waals surface area contributed by atoms with Crippen LogP contribution in [0.5, 0.6) is 0 Å². The van der Waals surface area contributed by atoms with Gasteiger partial charge in [-0.25, -0.2) is 0 Å². The molecule has 0 radical (unpaired) electrons. The van der Waals surface area contributed by atoms with E-state index < -0.39 is 0 Å². The number of nitrogens with zero attached hydrogens (tertiary/aromatic N) is 1. The average Bonchev–Trinajstić information content (AvgIpc) is 2.92. The van der Waals surface area contributed by atoms with E-state index in [9.17, 15) is 0 Å². The highest BCUT2D eigenvalue weighted by Crippen LogP contribution is 2.33. The summed E-state index contributed by atoms with van der Waals surface area (Å²) < 4.78 is 6.10. The van der Waals surface area contributed by atoms with Crippen molar-refractivity contribution in [3.63, 3.8) is 0 Å². The Balaban J connectivity index is 1.48. The van der Waals surface area contributed by atoms with E-state index in [1.54, 1.807) is 0 Å². The van der Waals surface area contributed by atoms with Crippen LogP contribution in [0, 0.1) is 17.8 Å². The first-order chi connectivity index (χ1) is 10.1. The lowest BCUT2D eigenvalue weighted by Gasteiger charge is -2.40. The number of hydrogen-bond acceptors (Lipinski definition) is 3. The van der Waals surface area contributed by atoms with Gasteiger partial charge in [-0.2, -0.15) is 0 Å². The molecular weight excluding hydrogens is 260 g/mol. The fourth-order valence-corrected chi connectivity index (χ4v) is 4.73. The topological polar surface area (TPSA) is 24.5 Å². The first-order valence-corrected chi connectivity index (χ1v) is 9.22.